The van der Waals surface area contributed by atoms with Crippen LogP contribution in [0.25, 0.3) is 0 Å². The van der Waals surface area contributed by atoms with Crippen molar-refractivity contribution in [2.24, 2.45) is 11.8 Å². The van der Waals surface area contributed by atoms with Crippen LogP contribution in [0.5, 0.6) is 0 Å². The third-order valence-corrected chi connectivity index (χ3v) is 5.86. The fourth-order valence-electron chi connectivity index (χ4n) is 4.46. The van der Waals surface area contributed by atoms with Gasteiger partial charge in [0.15, 0.2) is 0 Å². The molecule has 0 bridgehead atoms. The summed E-state index contributed by atoms with van der Waals surface area (Å²) < 4.78 is 2.04. The fourth-order valence-corrected chi connectivity index (χ4v) is 4.46. The average molecular weight is 367 g/mol. The second-order valence-electron chi connectivity index (χ2n) is 8.53. The number of carbonyl (C=O) groups excluding carboxylic acids is 1. The van der Waals surface area contributed by atoms with E-state index in [0.717, 1.165) is 38.4 Å². The molecule has 144 valence electrons. The average Bonchev–Trinajstić information content (AvgIpc) is 3.18. The summed E-state index contributed by atoms with van der Waals surface area (Å²) in [7, 11) is 0. The van der Waals surface area contributed by atoms with Gasteiger partial charge in [-0.15, -0.1) is 10.2 Å². The number of aromatic nitrogens is 3. The Morgan fingerprint density at radius 1 is 1.19 bits per heavy atom. The molecule has 1 aromatic heterocycles. The Bertz CT molecular complexity index is 856. The number of amides is 1. The van der Waals surface area contributed by atoms with Crippen LogP contribution < -0.4 is 5.32 Å². The van der Waals surface area contributed by atoms with Gasteiger partial charge in [-0.05, 0) is 50.7 Å². The number of rotatable bonds is 4. The Morgan fingerprint density at radius 2 is 1.96 bits per heavy atom. The van der Waals surface area contributed by atoms with E-state index >= 15 is 0 Å². The number of likely N-dealkylation sites (tertiary alicyclic amines) is 1. The predicted molar refractivity (Wildman–Crippen MR) is 105 cm³/mol. The second-order valence-corrected chi connectivity index (χ2v) is 8.53. The van der Waals surface area contributed by atoms with Gasteiger partial charge in [0.05, 0.1) is 0 Å². The molecular formula is C21H29N5O. The van der Waals surface area contributed by atoms with Gasteiger partial charge in [0.25, 0.3) is 5.91 Å². The third kappa shape index (κ3) is 3.63. The van der Waals surface area contributed by atoms with Gasteiger partial charge in [0.2, 0.25) is 5.82 Å². The minimum absolute atomic E-state index is 0.0985. The topological polar surface area (TPSA) is 63.1 Å². The molecule has 2 aromatic rings. The maximum Gasteiger partial charge on any atom is 0.289 e. The lowest BCUT2D eigenvalue weighted by Gasteiger charge is -2.25. The highest BCUT2D eigenvalue weighted by Crippen LogP contribution is 2.33. The highest BCUT2D eigenvalue weighted by Gasteiger charge is 2.39. The monoisotopic (exact) mass is 367 g/mol. The van der Waals surface area contributed by atoms with E-state index in [1.165, 1.54) is 16.7 Å². The van der Waals surface area contributed by atoms with Gasteiger partial charge in [-0.3, -0.25) is 9.69 Å². The van der Waals surface area contributed by atoms with Crippen LogP contribution in [-0.4, -0.2) is 44.7 Å². The normalized spacial score (nSPS) is 22.0. The SMILES string of the molecule is Cc1ccc(C)c(CN2C[C@@H]3Cc4nnc(C(=O)NC(C)C)n4C[C@@H]3C2)c1. The summed E-state index contributed by atoms with van der Waals surface area (Å²) in [5.74, 6) is 2.47. The number of hydrogen-bond acceptors (Lipinski definition) is 4. The fraction of sp³-hybridized carbons (Fsp3) is 0.571. The third-order valence-electron chi connectivity index (χ3n) is 5.86. The van der Waals surface area contributed by atoms with E-state index in [1.807, 2.05) is 18.4 Å². The molecule has 0 saturated carbocycles. The Labute approximate surface area is 161 Å². The first-order valence-corrected chi connectivity index (χ1v) is 9.92. The smallest absolute Gasteiger partial charge is 0.289 e. The molecule has 1 fully saturated rings. The quantitative estimate of drug-likeness (QED) is 0.901. The Hall–Kier alpha value is -2.21. The van der Waals surface area contributed by atoms with Gasteiger partial charge < -0.3 is 9.88 Å². The van der Waals surface area contributed by atoms with Crippen LogP contribution in [0.1, 0.15) is 47.0 Å². The summed E-state index contributed by atoms with van der Waals surface area (Å²) in [6.07, 6.45) is 0.913. The van der Waals surface area contributed by atoms with Crippen LogP contribution in [0.2, 0.25) is 0 Å². The summed E-state index contributed by atoms with van der Waals surface area (Å²) in [5.41, 5.74) is 4.10. The first-order chi connectivity index (χ1) is 12.9. The van der Waals surface area contributed by atoms with Gasteiger partial charge in [0, 0.05) is 38.6 Å². The first kappa shape index (κ1) is 18.2. The molecule has 0 unspecified atom stereocenters. The zero-order valence-electron chi connectivity index (χ0n) is 16.7. The molecule has 2 aliphatic rings. The van der Waals surface area contributed by atoms with Crippen molar-refractivity contribution in [2.75, 3.05) is 13.1 Å². The summed E-state index contributed by atoms with van der Waals surface area (Å²) in [4.78, 5) is 15.0. The summed E-state index contributed by atoms with van der Waals surface area (Å²) in [6, 6.07) is 6.80. The Morgan fingerprint density at radius 3 is 2.74 bits per heavy atom. The van der Waals surface area contributed by atoms with Crippen molar-refractivity contribution in [3.05, 3.63) is 46.5 Å². The summed E-state index contributed by atoms with van der Waals surface area (Å²) in [6.45, 7) is 12.3. The molecule has 2 atom stereocenters. The summed E-state index contributed by atoms with van der Waals surface area (Å²) >= 11 is 0. The molecule has 1 N–H and O–H groups in total. The number of aryl methyl sites for hydroxylation is 2. The van der Waals surface area contributed by atoms with Crippen molar-refractivity contribution in [3.63, 3.8) is 0 Å². The molecule has 2 aliphatic heterocycles. The van der Waals surface area contributed by atoms with Crippen LogP contribution in [0, 0.1) is 25.7 Å². The zero-order chi connectivity index (χ0) is 19.1. The van der Waals surface area contributed by atoms with E-state index in [-0.39, 0.29) is 11.9 Å². The number of carbonyl (C=O) groups is 1. The van der Waals surface area contributed by atoms with Crippen molar-refractivity contribution in [2.45, 2.75) is 53.2 Å². The molecule has 27 heavy (non-hydrogen) atoms. The molecular weight excluding hydrogens is 338 g/mol. The molecule has 6 heteroatoms. The predicted octanol–water partition coefficient (Wildman–Crippen LogP) is 2.34. The lowest BCUT2D eigenvalue weighted by atomic mass is 9.89. The van der Waals surface area contributed by atoms with E-state index in [4.69, 9.17) is 0 Å². The molecule has 1 amide bonds. The van der Waals surface area contributed by atoms with Crippen LogP contribution >= 0.6 is 0 Å². The molecule has 0 radical (unpaired) electrons. The molecule has 1 saturated heterocycles. The molecule has 0 spiro atoms. The van der Waals surface area contributed by atoms with Crippen LogP contribution in [0.15, 0.2) is 18.2 Å². The largest absolute Gasteiger partial charge is 0.347 e. The lowest BCUT2D eigenvalue weighted by molar-refractivity contribution is 0.0924. The van der Waals surface area contributed by atoms with E-state index in [1.54, 1.807) is 0 Å². The molecule has 0 aliphatic carbocycles. The van der Waals surface area contributed by atoms with Crippen molar-refractivity contribution < 1.29 is 4.79 Å². The van der Waals surface area contributed by atoms with E-state index in [0.29, 0.717) is 17.7 Å². The maximum absolute atomic E-state index is 12.4. The Kier molecular flexibility index (Phi) is 4.76. The van der Waals surface area contributed by atoms with Gasteiger partial charge in [-0.25, -0.2) is 0 Å². The number of fused-ring (bicyclic) bond motifs is 2. The number of nitrogens with one attached hydrogen (secondary N) is 1. The van der Waals surface area contributed by atoms with Crippen LogP contribution in [0.4, 0.5) is 0 Å². The standard InChI is InChI=1S/C21H29N5O/c1-13(2)22-21(27)20-24-23-19-8-17-10-25(11-18(17)12-26(19)20)9-16-7-14(3)5-6-15(16)4/h5-7,13,17-18H,8-12H2,1-4H3,(H,22,27)/t17-,18-/m0/s1. The molecule has 4 rings (SSSR count). The first-order valence-electron chi connectivity index (χ1n) is 9.92. The Balaban J connectivity index is 1.46. The highest BCUT2D eigenvalue weighted by atomic mass is 16.2. The highest BCUT2D eigenvalue weighted by molar-refractivity contribution is 5.90. The lowest BCUT2D eigenvalue weighted by Crippen LogP contribution is -2.35. The van der Waals surface area contributed by atoms with E-state index in [2.05, 4.69) is 52.5 Å². The molecule has 6 nitrogen and oxygen atoms in total. The van der Waals surface area contributed by atoms with E-state index < -0.39 is 0 Å². The van der Waals surface area contributed by atoms with Crippen molar-refractivity contribution in [1.82, 2.24) is 25.0 Å². The number of hydrogen-bond donors (Lipinski definition) is 1. The summed E-state index contributed by atoms with van der Waals surface area (Å²) in [5, 5.41) is 11.4. The minimum atomic E-state index is -0.118. The van der Waals surface area contributed by atoms with Crippen molar-refractivity contribution >= 4 is 5.91 Å². The van der Waals surface area contributed by atoms with Crippen molar-refractivity contribution in [3.8, 4) is 0 Å². The van der Waals surface area contributed by atoms with E-state index in [9.17, 15) is 4.79 Å². The van der Waals surface area contributed by atoms with Crippen LogP contribution in [-0.2, 0) is 19.5 Å². The van der Waals surface area contributed by atoms with Gasteiger partial charge in [-0.1, -0.05) is 23.8 Å². The molecule has 3 heterocycles. The molecule has 1 aromatic carbocycles. The van der Waals surface area contributed by atoms with Gasteiger partial charge in [0.1, 0.15) is 5.82 Å². The second kappa shape index (κ2) is 7.08. The number of nitrogens with zero attached hydrogens (tertiary/aromatic N) is 4. The zero-order valence-corrected chi connectivity index (χ0v) is 16.7. The van der Waals surface area contributed by atoms with Gasteiger partial charge in [-0.2, -0.15) is 0 Å². The van der Waals surface area contributed by atoms with Crippen LogP contribution in [0.3, 0.4) is 0 Å². The number of benzene rings is 1. The van der Waals surface area contributed by atoms with Crippen molar-refractivity contribution in [1.29, 1.82) is 0 Å². The van der Waals surface area contributed by atoms with Gasteiger partial charge >= 0.3 is 0 Å². The minimum Gasteiger partial charge on any atom is -0.347 e. The maximum atomic E-state index is 12.4.